The van der Waals surface area contributed by atoms with Crippen LogP contribution in [0.3, 0.4) is 0 Å². The van der Waals surface area contributed by atoms with Crippen molar-refractivity contribution in [2.45, 2.75) is 43.9 Å². The van der Waals surface area contributed by atoms with E-state index < -0.39 is 15.8 Å². The summed E-state index contributed by atoms with van der Waals surface area (Å²) in [6.07, 6.45) is 1.79. The molecule has 0 saturated carbocycles. The maximum absolute atomic E-state index is 13.2. The fourth-order valence-electron chi connectivity index (χ4n) is 2.10. The minimum absolute atomic E-state index is 0.0362. The smallest absolute Gasteiger partial charge is 0.210 e. The summed E-state index contributed by atoms with van der Waals surface area (Å²) in [6, 6.07) is 3.71. The molecule has 1 unspecified atom stereocenters. The van der Waals surface area contributed by atoms with Gasteiger partial charge in [0.25, 0.3) is 0 Å². The van der Waals surface area contributed by atoms with Crippen molar-refractivity contribution in [2.75, 3.05) is 6.54 Å². The van der Waals surface area contributed by atoms with Crippen molar-refractivity contribution in [2.24, 2.45) is 5.92 Å². The number of aryl methyl sites for hydroxylation is 1. The highest BCUT2D eigenvalue weighted by Crippen LogP contribution is 2.20. The highest BCUT2D eigenvalue weighted by Gasteiger charge is 2.21. The molecule has 0 aliphatic carbocycles. The fourth-order valence-corrected chi connectivity index (χ4v) is 3.94. The number of benzene rings is 1. The first kappa shape index (κ1) is 17.4. The number of nitrogens with one attached hydrogen (secondary N) is 1. The van der Waals surface area contributed by atoms with Gasteiger partial charge in [0.05, 0.1) is 4.90 Å². The van der Waals surface area contributed by atoms with Gasteiger partial charge in [-0.2, -0.15) is 0 Å². The molecule has 1 aromatic rings. The Labute approximate surface area is 125 Å². The van der Waals surface area contributed by atoms with Crippen LogP contribution >= 0.6 is 11.6 Å². The highest BCUT2D eigenvalue weighted by molar-refractivity contribution is 7.89. The molecule has 20 heavy (non-hydrogen) atoms. The third kappa shape index (κ3) is 4.43. The number of hydrogen-bond donors (Lipinski definition) is 1. The van der Waals surface area contributed by atoms with Gasteiger partial charge in [0, 0.05) is 11.9 Å². The van der Waals surface area contributed by atoms with Crippen molar-refractivity contribution < 1.29 is 12.8 Å². The maximum atomic E-state index is 13.2. The van der Waals surface area contributed by atoms with Crippen molar-refractivity contribution in [3.8, 4) is 0 Å². The molecule has 1 aromatic carbocycles. The molecular weight excluding hydrogens is 301 g/mol. The molecule has 6 heteroatoms. The van der Waals surface area contributed by atoms with Crippen LogP contribution in [0.2, 0.25) is 0 Å². The molecule has 0 radical (unpaired) electrons. The zero-order valence-electron chi connectivity index (χ0n) is 12.0. The van der Waals surface area contributed by atoms with Crippen molar-refractivity contribution in [1.82, 2.24) is 4.72 Å². The Bertz CT molecular complexity index is 544. The third-order valence-corrected chi connectivity index (χ3v) is 5.54. The van der Waals surface area contributed by atoms with Crippen molar-refractivity contribution in [3.63, 3.8) is 0 Å². The fraction of sp³-hybridized carbons (Fsp3) is 0.571. The van der Waals surface area contributed by atoms with E-state index in [9.17, 15) is 12.8 Å². The van der Waals surface area contributed by atoms with E-state index in [0.29, 0.717) is 5.56 Å². The Morgan fingerprint density at radius 2 is 1.90 bits per heavy atom. The molecule has 0 aliphatic rings. The van der Waals surface area contributed by atoms with E-state index >= 15 is 0 Å². The predicted molar refractivity (Wildman–Crippen MR) is 80.0 cm³/mol. The molecule has 0 heterocycles. The topological polar surface area (TPSA) is 46.2 Å². The predicted octanol–water partition coefficient (Wildman–Crippen LogP) is 3.46. The monoisotopic (exact) mass is 321 g/mol. The molecule has 0 bridgehead atoms. The summed E-state index contributed by atoms with van der Waals surface area (Å²) in [5.74, 6) is -0.314. The Balaban J connectivity index is 2.83. The second-order valence-electron chi connectivity index (χ2n) is 4.85. The Kier molecular flexibility index (Phi) is 6.43. The van der Waals surface area contributed by atoms with Crippen molar-refractivity contribution in [1.29, 1.82) is 0 Å². The van der Waals surface area contributed by atoms with Gasteiger partial charge >= 0.3 is 0 Å². The van der Waals surface area contributed by atoms with Gasteiger partial charge in [0.15, 0.2) is 0 Å². The van der Waals surface area contributed by atoms with Gasteiger partial charge in [-0.1, -0.05) is 32.8 Å². The molecule has 114 valence electrons. The minimum atomic E-state index is -3.73. The molecule has 0 amide bonds. The van der Waals surface area contributed by atoms with Gasteiger partial charge in [0.1, 0.15) is 5.82 Å². The largest absolute Gasteiger partial charge is 0.240 e. The van der Waals surface area contributed by atoms with Gasteiger partial charge in [-0.05, 0) is 30.5 Å². The quantitative estimate of drug-likeness (QED) is 0.782. The summed E-state index contributed by atoms with van der Waals surface area (Å²) in [6.45, 7) is 5.82. The van der Waals surface area contributed by atoms with Crippen LogP contribution in [0, 0.1) is 18.7 Å². The van der Waals surface area contributed by atoms with Gasteiger partial charge in [0.2, 0.25) is 10.0 Å². The van der Waals surface area contributed by atoms with E-state index in [1.165, 1.54) is 12.1 Å². The van der Waals surface area contributed by atoms with Crippen LogP contribution in [0.1, 0.15) is 32.3 Å². The number of sulfonamides is 1. The second kappa shape index (κ2) is 7.38. The summed E-state index contributed by atoms with van der Waals surface area (Å²) in [5.41, 5.74) is 0.507. The first-order valence-corrected chi connectivity index (χ1v) is 8.63. The lowest BCUT2D eigenvalue weighted by Gasteiger charge is -2.19. The van der Waals surface area contributed by atoms with E-state index in [1.54, 1.807) is 6.92 Å². The van der Waals surface area contributed by atoms with Crippen LogP contribution in [0.25, 0.3) is 0 Å². The molecule has 1 N–H and O–H groups in total. The standard InChI is InChI=1S/C14H21ClFNO2S/c1-4-11(5-2)13(15)9-17-20(18,19)14-8-12(16)7-6-10(14)3/h6-8,11,13,17H,4-5,9H2,1-3H3. The third-order valence-electron chi connectivity index (χ3n) is 3.47. The van der Waals surface area contributed by atoms with E-state index in [4.69, 9.17) is 11.6 Å². The van der Waals surface area contributed by atoms with Crippen LogP contribution in [0.4, 0.5) is 4.39 Å². The lowest BCUT2D eigenvalue weighted by molar-refractivity contribution is 0.460. The van der Waals surface area contributed by atoms with Gasteiger partial charge in [-0.25, -0.2) is 17.5 Å². The van der Waals surface area contributed by atoms with Gasteiger partial charge in [-0.15, -0.1) is 11.6 Å². The molecule has 0 fully saturated rings. The van der Waals surface area contributed by atoms with Crippen molar-refractivity contribution in [3.05, 3.63) is 29.6 Å². The summed E-state index contributed by atoms with van der Waals surface area (Å²) in [5, 5.41) is -0.270. The molecule has 0 aliphatic heterocycles. The van der Waals surface area contributed by atoms with Crippen LogP contribution in [-0.2, 0) is 10.0 Å². The van der Waals surface area contributed by atoms with E-state index in [2.05, 4.69) is 4.72 Å². The SMILES string of the molecule is CCC(CC)C(Cl)CNS(=O)(=O)c1cc(F)ccc1C. The van der Waals surface area contributed by atoms with E-state index in [1.807, 2.05) is 13.8 Å². The molecule has 3 nitrogen and oxygen atoms in total. The average molecular weight is 322 g/mol. The average Bonchev–Trinajstić information content (AvgIpc) is 2.40. The first-order valence-electron chi connectivity index (χ1n) is 6.71. The molecule has 1 atom stereocenters. The summed E-state index contributed by atoms with van der Waals surface area (Å²) < 4.78 is 40.0. The highest BCUT2D eigenvalue weighted by atomic mass is 35.5. The van der Waals surface area contributed by atoms with Crippen LogP contribution in [-0.4, -0.2) is 20.3 Å². The summed E-state index contributed by atoms with van der Waals surface area (Å²) in [7, 11) is -3.73. The number of alkyl halides is 1. The Morgan fingerprint density at radius 3 is 2.45 bits per heavy atom. The Hall–Kier alpha value is -0.650. The molecular formula is C14H21ClFNO2S. The van der Waals surface area contributed by atoms with Crippen LogP contribution in [0.15, 0.2) is 23.1 Å². The summed E-state index contributed by atoms with van der Waals surface area (Å²) >= 11 is 6.21. The lowest BCUT2D eigenvalue weighted by Crippen LogP contribution is -2.33. The Morgan fingerprint density at radius 1 is 1.30 bits per heavy atom. The van der Waals surface area contributed by atoms with E-state index in [0.717, 1.165) is 18.9 Å². The molecule has 0 spiro atoms. The van der Waals surface area contributed by atoms with Crippen LogP contribution < -0.4 is 4.72 Å². The normalized spacial score (nSPS) is 13.7. The van der Waals surface area contributed by atoms with Gasteiger partial charge in [-0.3, -0.25) is 0 Å². The maximum Gasteiger partial charge on any atom is 0.240 e. The number of rotatable bonds is 7. The van der Waals surface area contributed by atoms with E-state index in [-0.39, 0.29) is 22.7 Å². The molecule has 0 saturated heterocycles. The van der Waals surface area contributed by atoms with Gasteiger partial charge < -0.3 is 0 Å². The first-order chi connectivity index (χ1) is 9.31. The number of hydrogen-bond acceptors (Lipinski definition) is 2. The zero-order valence-corrected chi connectivity index (χ0v) is 13.6. The molecule has 1 rings (SSSR count). The number of halogens is 2. The zero-order chi connectivity index (χ0) is 15.3. The van der Waals surface area contributed by atoms with Crippen molar-refractivity contribution >= 4 is 21.6 Å². The minimum Gasteiger partial charge on any atom is -0.210 e. The lowest BCUT2D eigenvalue weighted by atomic mass is 9.99. The van der Waals surface area contributed by atoms with Crippen LogP contribution in [0.5, 0.6) is 0 Å². The second-order valence-corrected chi connectivity index (χ2v) is 7.15. The molecule has 0 aromatic heterocycles. The summed E-state index contributed by atoms with van der Waals surface area (Å²) in [4.78, 5) is -0.0362.